The van der Waals surface area contributed by atoms with E-state index in [0.29, 0.717) is 34.3 Å². The number of aromatic nitrogens is 3. The molecule has 1 aliphatic heterocycles. The fraction of sp³-hybridized carbons (Fsp3) is 0.265. The Bertz CT molecular complexity index is 1860. The number of likely N-dealkylation sites (tertiary alicyclic amines) is 1. The van der Waals surface area contributed by atoms with E-state index in [1.165, 1.54) is 36.2 Å². The van der Waals surface area contributed by atoms with Crippen molar-refractivity contribution < 1.29 is 23.0 Å². The summed E-state index contributed by atoms with van der Waals surface area (Å²) in [6, 6.07) is 13.7. The van der Waals surface area contributed by atoms with Crippen LogP contribution in [0.4, 0.5) is 8.78 Å². The van der Waals surface area contributed by atoms with E-state index in [2.05, 4.69) is 58.3 Å². The Kier molecular flexibility index (Phi) is 8.75. The van der Waals surface area contributed by atoms with Gasteiger partial charge in [-0.1, -0.05) is 30.8 Å². The van der Waals surface area contributed by atoms with E-state index in [-0.39, 0.29) is 30.4 Å². The van der Waals surface area contributed by atoms with Gasteiger partial charge in [-0.15, -0.1) is 11.3 Å². The summed E-state index contributed by atoms with van der Waals surface area (Å²) in [7, 11) is 3.63. The van der Waals surface area contributed by atoms with Crippen molar-refractivity contribution in [1.29, 1.82) is 0 Å². The molecular weight excluding hydrogens is 596 g/mol. The fourth-order valence-corrected chi connectivity index (χ4v) is 6.60. The number of aromatic amines is 1. The zero-order chi connectivity index (χ0) is 31.7. The lowest BCUT2D eigenvalue weighted by atomic mass is 9.90. The van der Waals surface area contributed by atoms with Crippen LogP contribution < -0.4 is 10.1 Å². The Morgan fingerprint density at radius 1 is 1.16 bits per heavy atom. The molecule has 3 aromatic heterocycles. The maximum Gasteiger partial charge on any atom is 0.243 e. The number of thiophene rings is 1. The number of amides is 1. The van der Waals surface area contributed by atoms with Crippen LogP contribution in [0.25, 0.3) is 43.9 Å². The first-order valence-corrected chi connectivity index (χ1v) is 15.4. The standard InChI is InChI=1S/C34H33F2N5O3S/c1-5-29(42)37-19(2)26-16-27(40-39-26)33-31(30-25(36)14-23(35)15-28(30)44-12-11-43-4)34-24(10-13-45-34)32(38-33)21-8-6-20(7-9-21)22-17-41(3)18-22/h5-10,13-16,19,22H,1,11-12,17-18H2,2-4H3,(H,37,42)(H,39,40)/t19-/m1/s1. The highest BCUT2D eigenvalue weighted by Crippen LogP contribution is 2.47. The largest absolute Gasteiger partial charge is 0.490 e. The third-order valence-electron chi connectivity index (χ3n) is 7.99. The molecule has 232 valence electrons. The highest BCUT2D eigenvalue weighted by molar-refractivity contribution is 7.18. The number of pyridine rings is 1. The van der Waals surface area contributed by atoms with Gasteiger partial charge in [-0.2, -0.15) is 5.10 Å². The lowest BCUT2D eigenvalue weighted by Gasteiger charge is -2.36. The zero-order valence-electron chi connectivity index (χ0n) is 25.2. The van der Waals surface area contributed by atoms with Crippen LogP contribution in [-0.2, 0) is 9.53 Å². The number of nitrogens with zero attached hydrogens (tertiary/aromatic N) is 3. The second-order valence-corrected chi connectivity index (χ2v) is 12.0. The van der Waals surface area contributed by atoms with Crippen LogP contribution in [-0.4, -0.2) is 66.4 Å². The van der Waals surface area contributed by atoms with Gasteiger partial charge >= 0.3 is 0 Å². The molecule has 45 heavy (non-hydrogen) atoms. The molecule has 1 saturated heterocycles. The van der Waals surface area contributed by atoms with Gasteiger partial charge in [0.15, 0.2) is 0 Å². The minimum atomic E-state index is -0.787. The molecule has 6 rings (SSSR count). The summed E-state index contributed by atoms with van der Waals surface area (Å²) in [5.41, 5.74) is 4.83. The summed E-state index contributed by atoms with van der Waals surface area (Å²) in [4.78, 5) is 19.4. The van der Waals surface area contributed by atoms with Crippen molar-refractivity contribution in [2.75, 3.05) is 40.5 Å². The second-order valence-electron chi connectivity index (χ2n) is 11.1. The smallest absolute Gasteiger partial charge is 0.243 e. The number of methoxy groups -OCH3 is 1. The Balaban J connectivity index is 1.54. The molecule has 8 nitrogen and oxygen atoms in total. The predicted octanol–water partition coefficient (Wildman–Crippen LogP) is 6.72. The van der Waals surface area contributed by atoms with Crippen molar-refractivity contribution >= 4 is 27.3 Å². The number of carbonyl (C=O) groups is 1. The van der Waals surface area contributed by atoms with Crippen LogP contribution in [0, 0.1) is 11.6 Å². The average Bonchev–Trinajstić information content (AvgIpc) is 3.70. The summed E-state index contributed by atoms with van der Waals surface area (Å²) in [5.74, 6) is -1.34. The fourth-order valence-electron chi connectivity index (χ4n) is 5.66. The summed E-state index contributed by atoms with van der Waals surface area (Å²) < 4.78 is 42.2. The molecule has 1 amide bonds. The monoisotopic (exact) mass is 629 g/mol. The number of halogens is 2. The van der Waals surface area contributed by atoms with Crippen LogP contribution >= 0.6 is 11.3 Å². The molecule has 0 radical (unpaired) electrons. The molecule has 11 heteroatoms. The number of ether oxygens (including phenoxy) is 2. The van der Waals surface area contributed by atoms with Gasteiger partial charge in [0.2, 0.25) is 5.91 Å². The summed E-state index contributed by atoms with van der Waals surface area (Å²) in [6.45, 7) is 7.70. The average molecular weight is 630 g/mol. The van der Waals surface area contributed by atoms with Gasteiger partial charge in [0.1, 0.15) is 35.4 Å². The third-order valence-corrected chi connectivity index (χ3v) is 8.92. The number of fused-ring (bicyclic) bond motifs is 1. The topological polar surface area (TPSA) is 92.4 Å². The second kappa shape index (κ2) is 12.9. The van der Waals surface area contributed by atoms with E-state index in [9.17, 15) is 9.18 Å². The number of hydrogen-bond acceptors (Lipinski definition) is 7. The summed E-state index contributed by atoms with van der Waals surface area (Å²) in [5, 5.41) is 13.1. The maximum absolute atomic E-state index is 15.9. The van der Waals surface area contributed by atoms with Crippen LogP contribution in [0.5, 0.6) is 5.75 Å². The highest BCUT2D eigenvalue weighted by atomic mass is 32.1. The Labute approximate surface area is 263 Å². The van der Waals surface area contributed by atoms with Crippen LogP contribution in [0.1, 0.15) is 30.1 Å². The number of likely N-dealkylation sites (N-methyl/N-ethyl adjacent to an activating group) is 1. The molecule has 1 fully saturated rings. The van der Waals surface area contributed by atoms with Gasteiger partial charge in [-0.05, 0) is 43.1 Å². The molecule has 5 aromatic rings. The van der Waals surface area contributed by atoms with Gasteiger partial charge in [0.05, 0.1) is 29.6 Å². The number of benzene rings is 2. The van der Waals surface area contributed by atoms with E-state index < -0.39 is 17.7 Å². The van der Waals surface area contributed by atoms with E-state index in [0.717, 1.165) is 34.8 Å². The van der Waals surface area contributed by atoms with E-state index in [1.807, 2.05) is 18.4 Å². The molecule has 0 spiro atoms. The Morgan fingerprint density at radius 3 is 2.64 bits per heavy atom. The van der Waals surface area contributed by atoms with E-state index >= 15 is 4.39 Å². The summed E-state index contributed by atoms with van der Waals surface area (Å²) in [6.07, 6.45) is 1.20. The lowest BCUT2D eigenvalue weighted by Crippen LogP contribution is -2.41. The maximum atomic E-state index is 15.9. The number of nitrogens with one attached hydrogen (secondary N) is 2. The molecule has 2 aromatic carbocycles. The van der Waals surface area contributed by atoms with Crippen molar-refractivity contribution in [2.24, 2.45) is 0 Å². The third kappa shape index (κ3) is 6.11. The summed E-state index contributed by atoms with van der Waals surface area (Å²) >= 11 is 1.43. The molecule has 0 saturated carbocycles. The van der Waals surface area contributed by atoms with Crippen LogP contribution in [0.15, 0.2) is 66.6 Å². The number of hydrogen-bond donors (Lipinski definition) is 2. The molecule has 2 N–H and O–H groups in total. The Hall–Kier alpha value is -4.45. The molecule has 1 atom stereocenters. The SMILES string of the molecule is C=CC(=O)N[C@H](C)c1cc(-c2nc(-c3ccc(C4CN(C)C4)cc3)c3ccsc3c2-c2c(F)cc(F)cc2OCCOC)n[nH]1. The van der Waals surface area contributed by atoms with Gasteiger partial charge in [0, 0.05) is 59.5 Å². The molecule has 4 heterocycles. The zero-order valence-corrected chi connectivity index (χ0v) is 26.0. The predicted molar refractivity (Wildman–Crippen MR) is 172 cm³/mol. The number of carbonyl (C=O) groups excluding carboxylic acids is 1. The van der Waals surface area contributed by atoms with Gasteiger partial charge in [-0.3, -0.25) is 9.89 Å². The first-order chi connectivity index (χ1) is 21.8. The van der Waals surface area contributed by atoms with Crippen molar-refractivity contribution in [3.8, 4) is 39.5 Å². The van der Waals surface area contributed by atoms with Gasteiger partial charge in [0.25, 0.3) is 0 Å². The molecule has 0 aliphatic carbocycles. The Morgan fingerprint density at radius 2 is 1.93 bits per heavy atom. The van der Waals surface area contributed by atoms with E-state index in [4.69, 9.17) is 14.5 Å². The molecule has 0 unspecified atom stereocenters. The highest BCUT2D eigenvalue weighted by Gasteiger charge is 2.28. The van der Waals surface area contributed by atoms with Crippen molar-refractivity contribution in [2.45, 2.75) is 18.9 Å². The number of rotatable bonds is 11. The normalized spacial score (nSPS) is 14.3. The lowest BCUT2D eigenvalue weighted by molar-refractivity contribution is -0.117. The van der Waals surface area contributed by atoms with Crippen LogP contribution in [0.2, 0.25) is 0 Å². The van der Waals surface area contributed by atoms with Gasteiger partial charge in [-0.25, -0.2) is 13.8 Å². The quantitative estimate of drug-likeness (QED) is 0.125. The van der Waals surface area contributed by atoms with Crippen molar-refractivity contribution in [3.05, 3.63) is 89.5 Å². The molecule has 1 aliphatic rings. The minimum absolute atomic E-state index is 0.0345. The van der Waals surface area contributed by atoms with Crippen molar-refractivity contribution in [3.63, 3.8) is 0 Å². The minimum Gasteiger partial charge on any atom is -0.490 e. The van der Waals surface area contributed by atoms with Gasteiger partial charge < -0.3 is 19.7 Å². The van der Waals surface area contributed by atoms with E-state index in [1.54, 1.807) is 6.07 Å². The first-order valence-electron chi connectivity index (χ1n) is 14.6. The molecular formula is C34H33F2N5O3S. The first kappa shape index (κ1) is 30.6. The number of H-pyrrole nitrogens is 1. The van der Waals surface area contributed by atoms with Crippen LogP contribution in [0.3, 0.4) is 0 Å². The molecule has 0 bridgehead atoms. The van der Waals surface area contributed by atoms with Crippen molar-refractivity contribution in [1.82, 2.24) is 25.4 Å².